The van der Waals surface area contributed by atoms with Crippen LogP contribution in [0.5, 0.6) is 0 Å². The molecule has 1 fully saturated rings. The van der Waals surface area contributed by atoms with Crippen molar-refractivity contribution in [2.75, 3.05) is 5.32 Å². The molecule has 1 unspecified atom stereocenters. The highest BCUT2D eigenvalue weighted by atomic mass is 35.5. The maximum Gasteiger partial charge on any atom is 0.240 e. The van der Waals surface area contributed by atoms with Crippen LogP contribution in [0.15, 0.2) is 53.5 Å². The molecule has 3 rings (SSSR count). The summed E-state index contributed by atoms with van der Waals surface area (Å²) in [4.78, 5) is 28.7. The lowest BCUT2D eigenvalue weighted by molar-refractivity contribution is -0.122. The second-order valence-corrected chi connectivity index (χ2v) is 7.53. The zero-order chi connectivity index (χ0) is 18.5. The van der Waals surface area contributed by atoms with Crippen molar-refractivity contribution >= 4 is 57.6 Å². The summed E-state index contributed by atoms with van der Waals surface area (Å²) in [5, 5.41) is 6.02. The molecule has 2 aromatic rings. The number of rotatable bonds is 5. The van der Waals surface area contributed by atoms with Gasteiger partial charge in [0.2, 0.25) is 11.8 Å². The molecule has 1 aliphatic rings. The molecule has 8 heteroatoms. The molecule has 1 heterocycles. The van der Waals surface area contributed by atoms with Crippen molar-refractivity contribution in [2.45, 2.75) is 18.2 Å². The van der Waals surface area contributed by atoms with Crippen molar-refractivity contribution in [3.63, 3.8) is 0 Å². The smallest absolute Gasteiger partial charge is 0.240 e. The Balaban J connectivity index is 1.57. The van der Waals surface area contributed by atoms with Crippen LogP contribution < -0.4 is 10.6 Å². The number of amidine groups is 1. The van der Waals surface area contributed by atoms with E-state index >= 15 is 0 Å². The molecule has 26 heavy (non-hydrogen) atoms. The van der Waals surface area contributed by atoms with E-state index in [-0.39, 0.29) is 23.3 Å². The van der Waals surface area contributed by atoms with Gasteiger partial charge in [0.1, 0.15) is 5.25 Å². The van der Waals surface area contributed by atoms with Gasteiger partial charge in [0.05, 0.1) is 22.3 Å². The fourth-order valence-electron chi connectivity index (χ4n) is 2.33. The average molecular weight is 408 g/mol. The first kappa shape index (κ1) is 18.8. The summed E-state index contributed by atoms with van der Waals surface area (Å²) < 4.78 is 0. The van der Waals surface area contributed by atoms with Crippen molar-refractivity contribution in [1.82, 2.24) is 5.32 Å². The third-order valence-corrected chi connectivity index (χ3v) is 5.56. The molecule has 1 atom stereocenters. The topological polar surface area (TPSA) is 70.6 Å². The van der Waals surface area contributed by atoms with E-state index < -0.39 is 5.25 Å². The fourth-order valence-corrected chi connectivity index (χ4v) is 3.65. The molecule has 0 radical (unpaired) electrons. The van der Waals surface area contributed by atoms with Crippen molar-refractivity contribution in [3.8, 4) is 0 Å². The minimum absolute atomic E-state index is 0.0176. The first-order chi connectivity index (χ1) is 12.5. The van der Waals surface area contributed by atoms with Crippen LogP contribution in [-0.2, 0) is 16.1 Å². The number of benzene rings is 2. The van der Waals surface area contributed by atoms with Crippen molar-refractivity contribution in [1.29, 1.82) is 0 Å². The predicted octanol–water partition coefficient (Wildman–Crippen LogP) is 4.11. The van der Waals surface area contributed by atoms with Gasteiger partial charge in [-0.2, -0.15) is 0 Å². The van der Waals surface area contributed by atoms with Gasteiger partial charge < -0.3 is 10.6 Å². The Morgan fingerprint density at radius 1 is 1.15 bits per heavy atom. The Bertz CT molecular complexity index is 859. The van der Waals surface area contributed by atoms with E-state index in [4.69, 9.17) is 23.2 Å². The number of amides is 2. The molecule has 0 saturated carbocycles. The van der Waals surface area contributed by atoms with Crippen molar-refractivity contribution in [2.24, 2.45) is 4.99 Å². The van der Waals surface area contributed by atoms with Crippen LogP contribution in [0, 0.1) is 0 Å². The SMILES string of the molecule is O=C(CC1SC(=NCc2ccccc2)NC1=O)Nc1cccc(Cl)c1Cl. The van der Waals surface area contributed by atoms with E-state index in [2.05, 4.69) is 15.6 Å². The minimum Gasteiger partial charge on any atom is -0.325 e. The largest absolute Gasteiger partial charge is 0.325 e. The van der Waals surface area contributed by atoms with Crippen molar-refractivity contribution < 1.29 is 9.59 Å². The minimum atomic E-state index is -0.525. The van der Waals surface area contributed by atoms with Crippen molar-refractivity contribution in [3.05, 3.63) is 64.1 Å². The quantitative estimate of drug-likeness (QED) is 0.782. The van der Waals surface area contributed by atoms with Crippen LogP contribution in [0.4, 0.5) is 5.69 Å². The van der Waals surface area contributed by atoms with Crippen LogP contribution in [0.25, 0.3) is 0 Å². The Kier molecular flexibility index (Phi) is 6.19. The van der Waals surface area contributed by atoms with Gasteiger partial charge in [0.25, 0.3) is 0 Å². The number of nitrogens with zero attached hydrogens (tertiary/aromatic N) is 1. The number of hydrogen-bond donors (Lipinski definition) is 2. The highest BCUT2D eigenvalue weighted by Gasteiger charge is 2.32. The van der Waals surface area contributed by atoms with E-state index in [1.54, 1.807) is 18.2 Å². The Hall–Kier alpha value is -2.02. The predicted molar refractivity (Wildman–Crippen MR) is 107 cm³/mol. The van der Waals surface area contributed by atoms with E-state index in [0.29, 0.717) is 22.4 Å². The Morgan fingerprint density at radius 2 is 1.92 bits per heavy atom. The number of thioether (sulfide) groups is 1. The first-order valence-electron chi connectivity index (χ1n) is 7.82. The molecular weight excluding hydrogens is 393 g/mol. The number of nitrogens with one attached hydrogen (secondary N) is 2. The molecule has 0 bridgehead atoms. The number of carbonyl (C=O) groups excluding carboxylic acids is 2. The van der Waals surface area contributed by atoms with Gasteiger partial charge in [-0.25, -0.2) is 0 Å². The summed E-state index contributed by atoms with van der Waals surface area (Å²) in [5.41, 5.74) is 1.47. The lowest BCUT2D eigenvalue weighted by Crippen LogP contribution is -2.28. The zero-order valence-electron chi connectivity index (χ0n) is 13.5. The highest BCUT2D eigenvalue weighted by Crippen LogP contribution is 2.30. The van der Waals surface area contributed by atoms with Gasteiger partial charge in [0, 0.05) is 6.42 Å². The third kappa shape index (κ3) is 4.78. The van der Waals surface area contributed by atoms with E-state index in [1.165, 1.54) is 11.8 Å². The highest BCUT2D eigenvalue weighted by molar-refractivity contribution is 8.15. The number of hydrogen-bond acceptors (Lipinski definition) is 4. The van der Waals surface area contributed by atoms with Crippen LogP contribution in [-0.4, -0.2) is 22.2 Å². The van der Waals surface area contributed by atoms with Crippen LogP contribution in [0.2, 0.25) is 10.0 Å². The average Bonchev–Trinajstić information content (AvgIpc) is 2.97. The molecule has 1 saturated heterocycles. The summed E-state index contributed by atoms with van der Waals surface area (Å²) in [7, 11) is 0. The molecule has 5 nitrogen and oxygen atoms in total. The molecule has 1 aliphatic heterocycles. The summed E-state index contributed by atoms with van der Waals surface area (Å²) in [6.07, 6.45) is 0.0176. The van der Waals surface area contributed by atoms with E-state index in [9.17, 15) is 9.59 Å². The van der Waals surface area contributed by atoms with E-state index in [0.717, 1.165) is 5.56 Å². The maximum atomic E-state index is 12.2. The molecule has 2 N–H and O–H groups in total. The van der Waals surface area contributed by atoms with Gasteiger partial charge in [0.15, 0.2) is 5.17 Å². The zero-order valence-corrected chi connectivity index (χ0v) is 15.9. The van der Waals surface area contributed by atoms with E-state index in [1.807, 2.05) is 30.3 Å². The van der Waals surface area contributed by atoms with Gasteiger partial charge in [-0.1, -0.05) is 71.4 Å². The van der Waals surface area contributed by atoms with Gasteiger partial charge in [-0.3, -0.25) is 14.6 Å². The summed E-state index contributed by atoms with van der Waals surface area (Å²) in [5.74, 6) is -0.541. The lowest BCUT2D eigenvalue weighted by atomic mass is 10.2. The summed E-state index contributed by atoms with van der Waals surface area (Å²) in [6.45, 7) is 0.473. The van der Waals surface area contributed by atoms with Gasteiger partial charge in [-0.05, 0) is 17.7 Å². The molecule has 2 aromatic carbocycles. The number of carbonyl (C=O) groups is 2. The number of halogens is 2. The summed E-state index contributed by atoms with van der Waals surface area (Å²) in [6, 6.07) is 14.7. The summed E-state index contributed by atoms with van der Waals surface area (Å²) >= 11 is 13.2. The van der Waals surface area contributed by atoms with Crippen LogP contribution in [0.1, 0.15) is 12.0 Å². The van der Waals surface area contributed by atoms with Gasteiger partial charge in [-0.15, -0.1) is 0 Å². The fraction of sp³-hybridized carbons (Fsp3) is 0.167. The Morgan fingerprint density at radius 3 is 2.69 bits per heavy atom. The second kappa shape index (κ2) is 8.58. The number of aliphatic imine (C=N–C) groups is 1. The van der Waals surface area contributed by atoms with Gasteiger partial charge >= 0.3 is 0 Å². The van der Waals surface area contributed by atoms with Crippen LogP contribution in [0.3, 0.4) is 0 Å². The first-order valence-corrected chi connectivity index (χ1v) is 9.46. The standard InChI is InChI=1S/C18H15Cl2N3O2S/c19-12-7-4-8-13(16(12)20)22-15(24)9-14-17(25)23-18(26-14)21-10-11-5-2-1-3-6-11/h1-8,14H,9-10H2,(H,22,24)(H,21,23,25). The molecule has 0 aliphatic carbocycles. The normalized spacial score (nSPS) is 18.0. The molecule has 134 valence electrons. The second-order valence-electron chi connectivity index (χ2n) is 5.56. The third-order valence-electron chi connectivity index (χ3n) is 3.62. The maximum absolute atomic E-state index is 12.2. The van der Waals surface area contributed by atoms with Crippen LogP contribution >= 0.6 is 35.0 Å². The molecular formula is C18H15Cl2N3O2S. The molecule has 0 aromatic heterocycles. The number of anilines is 1. The lowest BCUT2D eigenvalue weighted by Gasteiger charge is -2.09. The molecule has 2 amide bonds. The monoisotopic (exact) mass is 407 g/mol. The Labute approximate surface area is 165 Å². The molecule has 0 spiro atoms.